The molecule has 0 bridgehead atoms. The van der Waals surface area contributed by atoms with Crippen molar-refractivity contribution in [1.29, 1.82) is 0 Å². The van der Waals surface area contributed by atoms with Gasteiger partial charge in [-0.15, -0.1) is 0 Å². The molecule has 23 heavy (non-hydrogen) atoms. The monoisotopic (exact) mass is 315 g/mol. The Morgan fingerprint density at radius 1 is 1.04 bits per heavy atom. The maximum atomic E-state index is 12.5. The van der Waals surface area contributed by atoms with Gasteiger partial charge in [-0.2, -0.15) is 0 Å². The smallest absolute Gasteiger partial charge is 0.338 e. The first-order chi connectivity index (χ1) is 11.1. The molecule has 0 aromatic heterocycles. The summed E-state index contributed by atoms with van der Waals surface area (Å²) in [4.78, 5) is 15.1. The van der Waals surface area contributed by atoms with Crippen LogP contribution in [-0.2, 0) is 4.74 Å². The largest absolute Gasteiger partial charge is 0.462 e. The van der Waals surface area contributed by atoms with Gasteiger partial charge in [0.25, 0.3) is 0 Å². The van der Waals surface area contributed by atoms with Gasteiger partial charge in [-0.1, -0.05) is 12.5 Å². The van der Waals surface area contributed by atoms with Gasteiger partial charge >= 0.3 is 5.97 Å². The van der Waals surface area contributed by atoms with Crippen molar-refractivity contribution in [3.63, 3.8) is 0 Å². The SMILES string of the molecule is Cc1cc(C)c(C(=O)OC[C@@H]2CCCN3CCCC[C@H]23)cc1C. The fourth-order valence-corrected chi connectivity index (χ4v) is 4.21. The summed E-state index contributed by atoms with van der Waals surface area (Å²) < 4.78 is 5.73. The van der Waals surface area contributed by atoms with E-state index in [9.17, 15) is 4.79 Å². The number of aryl methyl sites for hydroxylation is 3. The average Bonchev–Trinajstić information content (AvgIpc) is 2.56. The Balaban J connectivity index is 1.63. The summed E-state index contributed by atoms with van der Waals surface area (Å²) in [5.74, 6) is 0.360. The van der Waals surface area contributed by atoms with Crippen LogP contribution in [0.5, 0.6) is 0 Å². The van der Waals surface area contributed by atoms with Crippen molar-refractivity contribution in [2.24, 2.45) is 5.92 Å². The van der Waals surface area contributed by atoms with E-state index >= 15 is 0 Å². The van der Waals surface area contributed by atoms with Crippen LogP contribution in [0.15, 0.2) is 12.1 Å². The highest BCUT2D eigenvalue weighted by molar-refractivity contribution is 5.91. The van der Waals surface area contributed by atoms with Crippen LogP contribution in [-0.4, -0.2) is 36.6 Å². The van der Waals surface area contributed by atoms with Gasteiger partial charge in [-0.25, -0.2) is 4.79 Å². The number of nitrogens with zero attached hydrogens (tertiary/aromatic N) is 1. The second kappa shape index (κ2) is 7.04. The maximum absolute atomic E-state index is 12.5. The summed E-state index contributed by atoms with van der Waals surface area (Å²) in [5, 5.41) is 0. The molecule has 0 saturated carbocycles. The number of benzene rings is 1. The summed E-state index contributed by atoms with van der Waals surface area (Å²) in [6, 6.07) is 4.68. The van der Waals surface area contributed by atoms with E-state index in [2.05, 4.69) is 17.9 Å². The molecule has 126 valence electrons. The second-order valence-corrected chi connectivity index (χ2v) is 7.35. The molecule has 2 aliphatic heterocycles. The lowest BCUT2D eigenvalue weighted by atomic mass is 9.84. The average molecular weight is 315 g/mol. The van der Waals surface area contributed by atoms with E-state index in [1.807, 2.05) is 19.9 Å². The van der Waals surface area contributed by atoms with Crippen molar-refractivity contribution in [2.45, 2.75) is 58.9 Å². The van der Waals surface area contributed by atoms with Crippen LogP contribution in [0.3, 0.4) is 0 Å². The van der Waals surface area contributed by atoms with Crippen molar-refractivity contribution in [3.8, 4) is 0 Å². The number of carbonyl (C=O) groups excluding carboxylic acids is 1. The van der Waals surface area contributed by atoms with Gasteiger partial charge in [0.2, 0.25) is 0 Å². The Labute approximate surface area is 140 Å². The zero-order valence-electron chi connectivity index (χ0n) is 14.7. The lowest BCUT2D eigenvalue weighted by molar-refractivity contribution is 0.00734. The number of piperidine rings is 2. The van der Waals surface area contributed by atoms with E-state index in [1.54, 1.807) is 0 Å². The Hall–Kier alpha value is -1.35. The van der Waals surface area contributed by atoms with E-state index in [0.717, 1.165) is 16.7 Å². The van der Waals surface area contributed by atoms with Gasteiger partial charge in [-0.3, -0.25) is 4.90 Å². The van der Waals surface area contributed by atoms with Crippen LogP contribution in [0, 0.1) is 26.7 Å². The first-order valence-electron chi connectivity index (χ1n) is 9.05. The molecule has 3 heteroatoms. The summed E-state index contributed by atoms with van der Waals surface area (Å²) in [6.07, 6.45) is 6.35. The molecule has 2 saturated heterocycles. The van der Waals surface area contributed by atoms with Gasteiger partial charge in [0.1, 0.15) is 0 Å². The minimum atomic E-state index is -0.154. The van der Waals surface area contributed by atoms with Crippen LogP contribution in [0.1, 0.15) is 59.2 Å². The zero-order chi connectivity index (χ0) is 16.4. The molecule has 2 aliphatic rings. The van der Waals surface area contributed by atoms with Gasteiger partial charge in [0.15, 0.2) is 0 Å². The number of hydrogen-bond donors (Lipinski definition) is 0. The molecule has 1 aromatic carbocycles. The molecule has 0 spiro atoms. The lowest BCUT2D eigenvalue weighted by Crippen LogP contribution is -2.49. The molecule has 0 radical (unpaired) electrons. The second-order valence-electron chi connectivity index (χ2n) is 7.35. The first-order valence-corrected chi connectivity index (χ1v) is 9.05. The summed E-state index contributed by atoms with van der Waals surface area (Å²) in [7, 11) is 0. The maximum Gasteiger partial charge on any atom is 0.338 e. The van der Waals surface area contributed by atoms with E-state index < -0.39 is 0 Å². The third kappa shape index (κ3) is 3.60. The molecule has 0 aliphatic carbocycles. The minimum absolute atomic E-state index is 0.154. The summed E-state index contributed by atoms with van der Waals surface area (Å²) >= 11 is 0. The third-order valence-corrected chi connectivity index (χ3v) is 5.72. The topological polar surface area (TPSA) is 29.5 Å². The molecule has 3 nitrogen and oxygen atoms in total. The highest BCUT2D eigenvalue weighted by Gasteiger charge is 2.33. The van der Waals surface area contributed by atoms with Crippen molar-refractivity contribution >= 4 is 5.97 Å². The number of ether oxygens (including phenoxy) is 1. The molecule has 0 amide bonds. The van der Waals surface area contributed by atoms with Gasteiger partial charge in [0, 0.05) is 12.0 Å². The number of esters is 1. The molecule has 1 aromatic rings. The lowest BCUT2D eigenvalue weighted by Gasteiger charge is -2.44. The van der Waals surface area contributed by atoms with Crippen LogP contribution >= 0.6 is 0 Å². The van der Waals surface area contributed by atoms with Crippen molar-refractivity contribution in [1.82, 2.24) is 4.90 Å². The van der Waals surface area contributed by atoms with Crippen molar-refractivity contribution in [2.75, 3.05) is 19.7 Å². The summed E-state index contributed by atoms with van der Waals surface area (Å²) in [5.41, 5.74) is 4.12. The molecule has 3 rings (SSSR count). The van der Waals surface area contributed by atoms with Gasteiger partial charge in [-0.05, 0) is 82.3 Å². The molecule has 2 fully saturated rings. The molecule has 2 atom stereocenters. The van der Waals surface area contributed by atoms with E-state index in [-0.39, 0.29) is 5.97 Å². The minimum Gasteiger partial charge on any atom is -0.462 e. The summed E-state index contributed by atoms with van der Waals surface area (Å²) in [6.45, 7) is 9.15. The normalized spacial score (nSPS) is 25.0. The Morgan fingerprint density at radius 2 is 1.78 bits per heavy atom. The van der Waals surface area contributed by atoms with E-state index in [4.69, 9.17) is 4.74 Å². The Morgan fingerprint density at radius 3 is 2.61 bits per heavy atom. The van der Waals surface area contributed by atoms with Crippen LogP contribution in [0.4, 0.5) is 0 Å². The highest BCUT2D eigenvalue weighted by atomic mass is 16.5. The number of rotatable bonds is 3. The van der Waals surface area contributed by atoms with Crippen LogP contribution in [0.25, 0.3) is 0 Å². The molecule has 0 unspecified atom stereocenters. The zero-order valence-corrected chi connectivity index (χ0v) is 14.7. The van der Waals surface area contributed by atoms with E-state index in [1.165, 1.54) is 50.8 Å². The fourth-order valence-electron chi connectivity index (χ4n) is 4.21. The van der Waals surface area contributed by atoms with E-state index in [0.29, 0.717) is 18.6 Å². The van der Waals surface area contributed by atoms with Crippen LogP contribution < -0.4 is 0 Å². The Bertz CT molecular complexity index is 579. The predicted octanol–water partition coefficient (Wildman–Crippen LogP) is 4.03. The quantitative estimate of drug-likeness (QED) is 0.789. The number of fused-ring (bicyclic) bond motifs is 1. The molecular formula is C20H29NO2. The van der Waals surface area contributed by atoms with Gasteiger partial charge in [0.05, 0.1) is 12.2 Å². The molecule has 0 N–H and O–H groups in total. The Kier molecular flexibility index (Phi) is 5.05. The molecule has 2 heterocycles. The first kappa shape index (κ1) is 16.5. The molecular weight excluding hydrogens is 286 g/mol. The highest BCUT2D eigenvalue weighted by Crippen LogP contribution is 2.31. The fraction of sp³-hybridized carbons (Fsp3) is 0.650. The third-order valence-electron chi connectivity index (χ3n) is 5.72. The standard InChI is InChI=1S/C20H29NO2/c1-14-11-16(3)18(12-15(14)2)20(22)23-13-17-7-6-10-21-9-5-4-8-19(17)21/h11-12,17,19H,4-10,13H2,1-3H3/t17-,19+/m0/s1. The number of hydrogen-bond acceptors (Lipinski definition) is 3. The predicted molar refractivity (Wildman–Crippen MR) is 92.9 cm³/mol. The van der Waals surface area contributed by atoms with Crippen molar-refractivity contribution < 1.29 is 9.53 Å². The van der Waals surface area contributed by atoms with Crippen molar-refractivity contribution in [3.05, 3.63) is 34.4 Å². The van der Waals surface area contributed by atoms with Gasteiger partial charge < -0.3 is 4.74 Å². The van der Waals surface area contributed by atoms with Crippen LogP contribution in [0.2, 0.25) is 0 Å². The number of carbonyl (C=O) groups is 1.